The van der Waals surface area contributed by atoms with E-state index in [0.717, 1.165) is 5.56 Å². The van der Waals surface area contributed by atoms with Crippen LogP contribution in [0.3, 0.4) is 0 Å². The number of halogens is 1. The molecule has 0 aliphatic carbocycles. The van der Waals surface area contributed by atoms with Crippen LogP contribution in [0.2, 0.25) is 0 Å². The highest BCUT2D eigenvalue weighted by Gasteiger charge is 2.16. The molecule has 26 heavy (non-hydrogen) atoms. The minimum atomic E-state index is -0.400. The lowest BCUT2D eigenvalue weighted by Gasteiger charge is -2.13. The highest BCUT2D eigenvalue weighted by Crippen LogP contribution is 2.30. The summed E-state index contributed by atoms with van der Waals surface area (Å²) in [4.78, 5) is 20.7. The maximum Gasteiger partial charge on any atom is 0.232 e. The van der Waals surface area contributed by atoms with Crippen molar-refractivity contribution < 1.29 is 13.9 Å². The smallest absolute Gasteiger partial charge is 0.232 e. The first kappa shape index (κ1) is 17.5. The molecule has 0 spiro atoms. The summed E-state index contributed by atoms with van der Waals surface area (Å²) in [6.07, 6.45) is 1.32. The highest BCUT2D eigenvalue weighted by atomic mass is 19.1. The SMILES string of the molecule is COc1ccc(F)cc1-c1cc(NC(=O)C(C)c2ccccc2)ncn1. The van der Waals surface area contributed by atoms with Gasteiger partial charge in [0.1, 0.15) is 23.7 Å². The van der Waals surface area contributed by atoms with Crippen LogP contribution < -0.4 is 10.1 Å². The molecule has 0 bridgehead atoms. The number of ether oxygens (including phenoxy) is 1. The predicted molar refractivity (Wildman–Crippen MR) is 97.5 cm³/mol. The molecule has 1 aromatic heterocycles. The average molecular weight is 351 g/mol. The Hall–Kier alpha value is -3.28. The molecule has 3 rings (SSSR count). The number of nitrogens with one attached hydrogen (secondary N) is 1. The maximum absolute atomic E-state index is 13.6. The zero-order valence-electron chi connectivity index (χ0n) is 14.4. The van der Waals surface area contributed by atoms with Gasteiger partial charge in [-0.15, -0.1) is 0 Å². The van der Waals surface area contributed by atoms with E-state index in [1.165, 1.54) is 31.6 Å². The van der Waals surface area contributed by atoms with E-state index < -0.39 is 5.82 Å². The second kappa shape index (κ2) is 7.74. The molecule has 0 aliphatic heterocycles. The molecule has 1 heterocycles. The normalized spacial score (nSPS) is 11.7. The molecule has 2 aromatic carbocycles. The van der Waals surface area contributed by atoms with E-state index in [4.69, 9.17) is 4.74 Å². The maximum atomic E-state index is 13.6. The molecule has 5 nitrogen and oxygen atoms in total. The fourth-order valence-corrected chi connectivity index (χ4v) is 2.58. The number of nitrogens with zero attached hydrogens (tertiary/aromatic N) is 2. The third kappa shape index (κ3) is 3.85. The van der Waals surface area contributed by atoms with Crippen molar-refractivity contribution in [3.05, 3.63) is 72.3 Å². The van der Waals surface area contributed by atoms with Gasteiger partial charge in [0.15, 0.2) is 0 Å². The van der Waals surface area contributed by atoms with Gasteiger partial charge in [-0.25, -0.2) is 14.4 Å². The second-order valence-corrected chi connectivity index (χ2v) is 5.75. The Balaban J connectivity index is 1.84. The minimum absolute atomic E-state index is 0.188. The quantitative estimate of drug-likeness (QED) is 0.754. The largest absolute Gasteiger partial charge is 0.496 e. The van der Waals surface area contributed by atoms with Crippen molar-refractivity contribution in [2.24, 2.45) is 0 Å². The van der Waals surface area contributed by atoms with Crippen LogP contribution in [-0.4, -0.2) is 23.0 Å². The van der Waals surface area contributed by atoms with E-state index in [-0.39, 0.29) is 11.8 Å². The zero-order chi connectivity index (χ0) is 18.5. The van der Waals surface area contributed by atoms with Gasteiger partial charge in [0.2, 0.25) is 5.91 Å². The Morgan fingerprint density at radius 2 is 1.88 bits per heavy atom. The Bertz CT molecular complexity index is 916. The van der Waals surface area contributed by atoms with Crippen molar-refractivity contribution in [1.82, 2.24) is 9.97 Å². The Labute approximate surface area is 150 Å². The van der Waals surface area contributed by atoms with E-state index in [0.29, 0.717) is 22.8 Å². The summed E-state index contributed by atoms with van der Waals surface area (Å²) in [6.45, 7) is 1.82. The summed E-state index contributed by atoms with van der Waals surface area (Å²) in [5.74, 6) is -0.0952. The van der Waals surface area contributed by atoms with Crippen molar-refractivity contribution in [1.29, 1.82) is 0 Å². The van der Waals surface area contributed by atoms with E-state index in [1.807, 2.05) is 37.3 Å². The topological polar surface area (TPSA) is 64.1 Å². The first-order valence-corrected chi connectivity index (χ1v) is 8.10. The predicted octanol–water partition coefficient (Wildman–Crippen LogP) is 4.03. The third-order valence-corrected chi connectivity index (χ3v) is 4.05. The number of benzene rings is 2. The Morgan fingerprint density at radius 1 is 1.12 bits per heavy atom. The van der Waals surface area contributed by atoms with Gasteiger partial charge in [-0.2, -0.15) is 0 Å². The number of amides is 1. The summed E-state index contributed by atoms with van der Waals surface area (Å²) in [6, 6.07) is 15.2. The van der Waals surface area contributed by atoms with Crippen molar-refractivity contribution >= 4 is 11.7 Å². The van der Waals surface area contributed by atoms with Crippen LogP contribution >= 0.6 is 0 Å². The fourth-order valence-electron chi connectivity index (χ4n) is 2.58. The molecular weight excluding hydrogens is 333 g/mol. The monoisotopic (exact) mass is 351 g/mol. The number of hydrogen-bond acceptors (Lipinski definition) is 4. The van der Waals surface area contributed by atoms with Crippen LogP contribution in [-0.2, 0) is 4.79 Å². The van der Waals surface area contributed by atoms with Gasteiger partial charge in [0, 0.05) is 11.6 Å². The molecule has 0 aliphatic rings. The molecule has 0 radical (unpaired) electrons. The van der Waals surface area contributed by atoms with Crippen LogP contribution in [0.5, 0.6) is 5.75 Å². The van der Waals surface area contributed by atoms with Gasteiger partial charge in [-0.1, -0.05) is 30.3 Å². The van der Waals surface area contributed by atoms with E-state index in [9.17, 15) is 9.18 Å². The van der Waals surface area contributed by atoms with Gasteiger partial charge in [-0.3, -0.25) is 4.79 Å². The second-order valence-electron chi connectivity index (χ2n) is 5.75. The lowest BCUT2D eigenvalue weighted by molar-refractivity contribution is -0.117. The van der Waals surface area contributed by atoms with Gasteiger partial charge in [-0.05, 0) is 30.7 Å². The first-order chi connectivity index (χ1) is 12.6. The fraction of sp³-hybridized carbons (Fsp3) is 0.150. The number of carbonyl (C=O) groups excluding carboxylic acids is 1. The molecule has 3 aromatic rings. The lowest BCUT2D eigenvalue weighted by Crippen LogP contribution is -2.19. The van der Waals surface area contributed by atoms with Crippen LogP contribution in [0, 0.1) is 5.82 Å². The molecule has 0 saturated carbocycles. The number of anilines is 1. The number of rotatable bonds is 5. The van der Waals surface area contributed by atoms with Crippen molar-refractivity contribution in [2.75, 3.05) is 12.4 Å². The molecule has 1 amide bonds. The molecule has 132 valence electrons. The van der Waals surface area contributed by atoms with E-state index in [2.05, 4.69) is 15.3 Å². The highest BCUT2D eigenvalue weighted by molar-refractivity contribution is 5.95. The van der Waals surface area contributed by atoms with E-state index >= 15 is 0 Å². The lowest BCUT2D eigenvalue weighted by atomic mass is 10.0. The molecule has 0 saturated heterocycles. The summed E-state index contributed by atoms with van der Waals surface area (Å²) in [7, 11) is 1.50. The number of carbonyl (C=O) groups is 1. The first-order valence-electron chi connectivity index (χ1n) is 8.10. The Morgan fingerprint density at radius 3 is 2.62 bits per heavy atom. The molecule has 1 N–H and O–H groups in total. The Kier molecular flexibility index (Phi) is 5.22. The number of methoxy groups -OCH3 is 1. The van der Waals surface area contributed by atoms with Gasteiger partial charge >= 0.3 is 0 Å². The number of hydrogen-bond donors (Lipinski definition) is 1. The van der Waals surface area contributed by atoms with Crippen LogP contribution in [0.4, 0.5) is 10.2 Å². The molecule has 1 unspecified atom stereocenters. The molecule has 1 atom stereocenters. The minimum Gasteiger partial charge on any atom is -0.496 e. The summed E-state index contributed by atoms with van der Waals surface area (Å²) >= 11 is 0. The van der Waals surface area contributed by atoms with Crippen molar-refractivity contribution in [3.8, 4) is 17.0 Å². The standard InChI is InChI=1S/C20H18FN3O2/c1-13(14-6-4-3-5-7-14)20(25)24-19-11-17(22-12-23-19)16-10-15(21)8-9-18(16)26-2/h3-13H,1-2H3,(H,22,23,24,25). The summed E-state index contributed by atoms with van der Waals surface area (Å²) < 4.78 is 18.9. The van der Waals surface area contributed by atoms with Gasteiger partial charge < -0.3 is 10.1 Å². The van der Waals surface area contributed by atoms with Crippen LogP contribution in [0.1, 0.15) is 18.4 Å². The average Bonchev–Trinajstić information content (AvgIpc) is 2.68. The molecule has 6 heteroatoms. The summed E-state index contributed by atoms with van der Waals surface area (Å²) in [5.41, 5.74) is 1.85. The summed E-state index contributed by atoms with van der Waals surface area (Å²) in [5, 5.41) is 2.78. The van der Waals surface area contributed by atoms with Gasteiger partial charge in [0.25, 0.3) is 0 Å². The van der Waals surface area contributed by atoms with Crippen molar-refractivity contribution in [3.63, 3.8) is 0 Å². The third-order valence-electron chi connectivity index (χ3n) is 4.05. The van der Waals surface area contributed by atoms with E-state index in [1.54, 1.807) is 6.07 Å². The van der Waals surface area contributed by atoms with Crippen LogP contribution in [0.25, 0.3) is 11.3 Å². The van der Waals surface area contributed by atoms with Gasteiger partial charge in [0.05, 0.1) is 18.7 Å². The van der Waals surface area contributed by atoms with Crippen molar-refractivity contribution in [2.45, 2.75) is 12.8 Å². The number of aromatic nitrogens is 2. The van der Waals surface area contributed by atoms with Crippen LogP contribution in [0.15, 0.2) is 60.9 Å². The molecular formula is C20H18FN3O2. The zero-order valence-corrected chi connectivity index (χ0v) is 14.4. The molecule has 0 fully saturated rings.